The van der Waals surface area contributed by atoms with Gasteiger partial charge in [-0.15, -0.1) is 0 Å². The average molecular weight is 668 g/mol. The monoisotopic (exact) mass is 667 g/mol. The largest absolute Gasteiger partial charge is 0.310 e. The Morgan fingerprint density at radius 3 is 1.92 bits per heavy atom. The van der Waals surface area contributed by atoms with E-state index in [2.05, 4.69) is 184 Å². The minimum absolute atomic E-state index is 0.886. The molecule has 0 atom stereocenters. The maximum absolute atomic E-state index is 4.99. The van der Waals surface area contributed by atoms with Crippen LogP contribution in [0.15, 0.2) is 182 Å². The topological polar surface area (TPSA) is 38.9 Å². The Kier molecular flexibility index (Phi) is 6.96. The molecule has 6 aromatic carbocycles. The maximum Gasteiger partial charge on any atom is 0.137 e. The third kappa shape index (κ3) is 4.78. The van der Waals surface area contributed by atoms with Crippen molar-refractivity contribution in [2.45, 2.75) is 6.92 Å². The molecule has 0 radical (unpaired) electrons. The number of benzene rings is 6. The van der Waals surface area contributed by atoms with Gasteiger partial charge in [-0.25, -0.2) is 4.98 Å². The lowest BCUT2D eigenvalue weighted by atomic mass is 10.0. The van der Waals surface area contributed by atoms with Crippen molar-refractivity contribution < 1.29 is 0 Å². The molecule has 0 spiro atoms. The van der Waals surface area contributed by atoms with Crippen LogP contribution in [-0.4, -0.2) is 19.1 Å². The molecule has 4 heterocycles. The SMILES string of the molecule is Cc1ccc(-n2c3cc(N(c4ccccc4)c4cccc(-c5ccccn5)c4)ccc3c3c4c5ccccc5n(-c5ccccc5)c4ccc32)nc1. The Labute approximate surface area is 301 Å². The number of hydrogen-bond acceptors (Lipinski definition) is 3. The van der Waals surface area contributed by atoms with E-state index in [1.165, 1.54) is 32.6 Å². The first-order valence-electron chi connectivity index (χ1n) is 17.6. The third-order valence-corrected chi connectivity index (χ3v) is 10.0. The summed E-state index contributed by atoms with van der Waals surface area (Å²) in [5.74, 6) is 0.886. The van der Waals surface area contributed by atoms with Crippen molar-refractivity contribution in [1.82, 2.24) is 19.1 Å². The number of hydrogen-bond donors (Lipinski definition) is 0. The molecular weight excluding hydrogens is 635 g/mol. The molecule has 10 aromatic rings. The van der Waals surface area contributed by atoms with Gasteiger partial charge < -0.3 is 9.47 Å². The maximum atomic E-state index is 4.99. The van der Waals surface area contributed by atoms with Gasteiger partial charge in [0.15, 0.2) is 0 Å². The van der Waals surface area contributed by atoms with Crippen LogP contribution in [0.5, 0.6) is 0 Å². The van der Waals surface area contributed by atoms with Crippen LogP contribution in [0.25, 0.3) is 66.4 Å². The Morgan fingerprint density at radius 1 is 0.462 bits per heavy atom. The lowest BCUT2D eigenvalue weighted by Gasteiger charge is -2.26. The third-order valence-electron chi connectivity index (χ3n) is 10.0. The zero-order chi connectivity index (χ0) is 34.6. The van der Waals surface area contributed by atoms with Crippen molar-refractivity contribution in [3.05, 3.63) is 188 Å². The molecule has 10 rings (SSSR count). The summed E-state index contributed by atoms with van der Waals surface area (Å²) in [6, 6.07) is 60.3. The van der Waals surface area contributed by atoms with Crippen LogP contribution in [0, 0.1) is 6.92 Å². The summed E-state index contributed by atoms with van der Waals surface area (Å²) in [6.45, 7) is 2.08. The fourth-order valence-corrected chi connectivity index (χ4v) is 7.75. The van der Waals surface area contributed by atoms with Gasteiger partial charge in [-0.1, -0.05) is 84.9 Å². The highest BCUT2D eigenvalue weighted by Crippen LogP contribution is 2.44. The molecule has 0 saturated heterocycles. The summed E-state index contributed by atoms with van der Waals surface area (Å²) in [7, 11) is 0. The number of anilines is 3. The van der Waals surface area contributed by atoms with Gasteiger partial charge in [-0.05, 0) is 97.4 Å². The molecule has 52 heavy (non-hydrogen) atoms. The van der Waals surface area contributed by atoms with Crippen LogP contribution in [-0.2, 0) is 0 Å². The van der Waals surface area contributed by atoms with Crippen molar-refractivity contribution in [3.8, 4) is 22.8 Å². The fraction of sp³-hybridized carbons (Fsp3) is 0.0213. The van der Waals surface area contributed by atoms with E-state index in [1.54, 1.807) is 0 Å². The number of aromatic nitrogens is 4. The number of fused-ring (bicyclic) bond motifs is 7. The summed E-state index contributed by atoms with van der Waals surface area (Å²) in [6.07, 6.45) is 3.80. The normalized spacial score (nSPS) is 11.6. The van der Waals surface area contributed by atoms with Crippen LogP contribution in [0.1, 0.15) is 5.56 Å². The molecule has 0 amide bonds. The summed E-state index contributed by atoms with van der Waals surface area (Å²) in [4.78, 5) is 12.0. The minimum Gasteiger partial charge on any atom is -0.310 e. The Morgan fingerprint density at radius 2 is 1.15 bits per heavy atom. The average Bonchev–Trinajstić information content (AvgIpc) is 3.72. The second kappa shape index (κ2) is 12.1. The van der Waals surface area contributed by atoms with Crippen molar-refractivity contribution in [1.29, 1.82) is 0 Å². The first-order chi connectivity index (χ1) is 25.7. The number of pyridine rings is 2. The number of para-hydroxylation sites is 3. The van der Waals surface area contributed by atoms with Gasteiger partial charge in [0.2, 0.25) is 0 Å². The highest BCUT2D eigenvalue weighted by molar-refractivity contribution is 6.29. The summed E-state index contributed by atoms with van der Waals surface area (Å²) in [5, 5.41) is 4.86. The minimum atomic E-state index is 0.886. The van der Waals surface area contributed by atoms with Crippen LogP contribution in [0.2, 0.25) is 0 Å². The van der Waals surface area contributed by atoms with Gasteiger partial charge in [0, 0.05) is 62.3 Å². The van der Waals surface area contributed by atoms with Crippen LogP contribution in [0.4, 0.5) is 17.1 Å². The molecular formula is C47H33N5. The quantitative estimate of drug-likeness (QED) is 0.177. The van der Waals surface area contributed by atoms with E-state index in [0.717, 1.165) is 56.4 Å². The van der Waals surface area contributed by atoms with Gasteiger partial charge in [0.1, 0.15) is 5.82 Å². The first-order valence-corrected chi connectivity index (χ1v) is 17.6. The summed E-state index contributed by atoms with van der Waals surface area (Å²) >= 11 is 0. The van der Waals surface area contributed by atoms with Crippen LogP contribution < -0.4 is 4.90 Å². The van der Waals surface area contributed by atoms with E-state index in [4.69, 9.17) is 4.98 Å². The smallest absolute Gasteiger partial charge is 0.137 e. The first kappa shape index (κ1) is 29.9. The molecule has 0 bridgehead atoms. The predicted molar refractivity (Wildman–Crippen MR) is 216 cm³/mol. The zero-order valence-electron chi connectivity index (χ0n) is 28.6. The zero-order valence-corrected chi connectivity index (χ0v) is 28.6. The molecule has 0 fully saturated rings. The van der Waals surface area contributed by atoms with E-state index in [1.807, 2.05) is 24.5 Å². The van der Waals surface area contributed by atoms with E-state index >= 15 is 0 Å². The van der Waals surface area contributed by atoms with Gasteiger partial charge in [0.25, 0.3) is 0 Å². The van der Waals surface area contributed by atoms with E-state index in [0.29, 0.717) is 0 Å². The molecule has 5 nitrogen and oxygen atoms in total. The Hall–Kier alpha value is -6.98. The Balaban J connectivity index is 1.28. The molecule has 0 aliphatic carbocycles. The van der Waals surface area contributed by atoms with E-state index in [-0.39, 0.29) is 0 Å². The van der Waals surface area contributed by atoms with Gasteiger partial charge >= 0.3 is 0 Å². The number of aryl methyl sites for hydroxylation is 1. The summed E-state index contributed by atoms with van der Waals surface area (Å²) < 4.78 is 4.71. The molecule has 0 unspecified atom stereocenters. The second-order valence-corrected chi connectivity index (χ2v) is 13.2. The predicted octanol–water partition coefficient (Wildman–Crippen LogP) is 12.1. The molecule has 4 aromatic heterocycles. The molecule has 0 N–H and O–H groups in total. The van der Waals surface area contributed by atoms with Crippen molar-refractivity contribution >= 4 is 60.7 Å². The number of rotatable bonds is 6. The van der Waals surface area contributed by atoms with Crippen molar-refractivity contribution in [3.63, 3.8) is 0 Å². The standard InChI is InChI=1S/C47H33N5/c1-32-22-27-45(49-31-32)52-43-26-25-42-46(38-19-8-9-21-41(38)51(42)35-16-6-3-7-17-35)47(43)39-24-23-37(30-44(39)52)50(34-14-4-2-5-15-34)36-18-12-13-33(29-36)40-20-10-11-28-48-40/h2-31H,1H3. The highest BCUT2D eigenvalue weighted by atomic mass is 15.1. The second-order valence-electron chi connectivity index (χ2n) is 13.2. The Bertz CT molecular complexity index is 2890. The van der Waals surface area contributed by atoms with Crippen LogP contribution in [0.3, 0.4) is 0 Å². The lowest BCUT2D eigenvalue weighted by Crippen LogP contribution is -2.10. The molecule has 246 valence electrons. The molecule has 0 aliphatic rings. The van der Waals surface area contributed by atoms with Crippen molar-refractivity contribution in [2.24, 2.45) is 0 Å². The highest BCUT2D eigenvalue weighted by Gasteiger charge is 2.22. The van der Waals surface area contributed by atoms with Gasteiger partial charge in [-0.3, -0.25) is 9.55 Å². The van der Waals surface area contributed by atoms with E-state index < -0.39 is 0 Å². The molecule has 0 aliphatic heterocycles. The fourth-order valence-electron chi connectivity index (χ4n) is 7.75. The molecule has 5 heteroatoms. The molecule has 0 saturated carbocycles. The van der Waals surface area contributed by atoms with Gasteiger partial charge in [-0.2, -0.15) is 0 Å². The van der Waals surface area contributed by atoms with Crippen LogP contribution >= 0.6 is 0 Å². The summed E-state index contributed by atoms with van der Waals surface area (Å²) in [5.41, 5.74) is 12.0. The lowest BCUT2D eigenvalue weighted by molar-refractivity contribution is 1.07. The van der Waals surface area contributed by atoms with Crippen molar-refractivity contribution in [2.75, 3.05) is 4.90 Å². The number of nitrogens with zero attached hydrogens (tertiary/aromatic N) is 5. The van der Waals surface area contributed by atoms with Gasteiger partial charge in [0.05, 0.1) is 27.8 Å². The van der Waals surface area contributed by atoms with E-state index in [9.17, 15) is 0 Å².